The predicted octanol–water partition coefficient (Wildman–Crippen LogP) is -3.02. The number of rotatable bonds is 6. The van der Waals surface area contributed by atoms with Crippen molar-refractivity contribution in [2.24, 2.45) is 0 Å². The standard InChI is InChI=1S/C14H28N4O6/c19-12(20)9-16-3-1-15-2-4-17(10-13(21)22)6-8-18(7-5-16)11-14(23)24/h12,15,19-20H,1-11H2,(H,21,22)(H,23,24). The lowest BCUT2D eigenvalue weighted by molar-refractivity contribution is -0.140. The van der Waals surface area contributed by atoms with E-state index < -0.39 is 18.2 Å². The molecule has 0 spiro atoms. The number of carboxylic acids is 2. The lowest BCUT2D eigenvalue weighted by Crippen LogP contribution is -2.47. The Balaban J connectivity index is 2.66. The summed E-state index contributed by atoms with van der Waals surface area (Å²) in [5.74, 6) is -1.85. The van der Waals surface area contributed by atoms with Gasteiger partial charge in [-0.1, -0.05) is 0 Å². The van der Waals surface area contributed by atoms with Crippen molar-refractivity contribution in [2.45, 2.75) is 6.29 Å². The number of nitrogens with zero attached hydrogens (tertiary/aromatic N) is 3. The number of carboxylic acid groups (broad SMARTS) is 2. The fraction of sp³-hybridized carbons (Fsp3) is 0.857. The van der Waals surface area contributed by atoms with E-state index >= 15 is 0 Å². The molecular formula is C14H28N4O6. The summed E-state index contributed by atoms with van der Waals surface area (Å²) in [4.78, 5) is 27.3. The molecule has 0 bridgehead atoms. The van der Waals surface area contributed by atoms with Crippen molar-refractivity contribution >= 4 is 11.9 Å². The topological polar surface area (TPSA) is 137 Å². The molecule has 1 aliphatic rings. The van der Waals surface area contributed by atoms with E-state index in [9.17, 15) is 9.59 Å². The number of carbonyl (C=O) groups is 2. The average molecular weight is 348 g/mol. The van der Waals surface area contributed by atoms with Gasteiger partial charge in [-0.2, -0.15) is 0 Å². The van der Waals surface area contributed by atoms with Gasteiger partial charge in [0.2, 0.25) is 0 Å². The highest BCUT2D eigenvalue weighted by molar-refractivity contribution is 5.69. The molecule has 0 aliphatic carbocycles. The molecule has 1 aliphatic heterocycles. The molecule has 10 heteroatoms. The summed E-state index contributed by atoms with van der Waals surface area (Å²) < 4.78 is 0. The number of aliphatic carboxylic acids is 2. The van der Waals surface area contributed by atoms with Gasteiger partial charge in [0, 0.05) is 58.9 Å². The molecule has 0 aromatic rings. The van der Waals surface area contributed by atoms with Crippen LogP contribution in [0.5, 0.6) is 0 Å². The summed E-state index contributed by atoms with van der Waals surface area (Å²) in [6, 6.07) is 0. The summed E-state index contributed by atoms with van der Waals surface area (Å²) in [6.45, 7) is 4.15. The second-order valence-electron chi connectivity index (χ2n) is 5.87. The van der Waals surface area contributed by atoms with Crippen molar-refractivity contribution in [1.82, 2.24) is 20.0 Å². The summed E-state index contributed by atoms with van der Waals surface area (Å²) >= 11 is 0. The average Bonchev–Trinajstić information content (AvgIpc) is 2.45. The quantitative estimate of drug-likeness (QED) is 0.315. The Morgan fingerprint density at radius 2 is 1.21 bits per heavy atom. The SMILES string of the molecule is O=C(O)CN1CCNCCN(CC(O)O)CCN(CC(=O)O)CC1. The Hall–Kier alpha value is -1.30. The molecule has 1 rings (SSSR count). The van der Waals surface area contributed by atoms with Crippen LogP contribution in [-0.4, -0.2) is 125 Å². The molecule has 0 aromatic carbocycles. The monoisotopic (exact) mass is 348 g/mol. The summed E-state index contributed by atoms with van der Waals surface area (Å²) in [7, 11) is 0. The lowest BCUT2D eigenvalue weighted by Gasteiger charge is -2.30. The molecule has 5 N–H and O–H groups in total. The third-order valence-electron chi connectivity index (χ3n) is 3.81. The van der Waals surface area contributed by atoms with E-state index in [1.54, 1.807) is 9.80 Å². The Labute approximate surface area is 141 Å². The number of aliphatic hydroxyl groups is 2. The maximum Gasteiger partial charge on any atom is 0.317 e. The van der Waals surface area contributed by atoms with Gasteiger partial charge in [-0.05, 0) is 0 Å². The van der Waals surface area contributed by atoms with E-state index in [1.807, 2.05) is 4.90 Å². The second kappa shape index (κ2) is 11.3. The van der Waals surface area contributed by atoms with Crippen molar-refractivity contribution in [3.05, 3.63) is 0 Å². The van der Waals surface area contributed by atoms with Gasteiger partial charge in [0.25, 0.3) is 0 Å². The summed E-state index contributed by atoms with van der Waals surface area (Å²) in [6.07, 6.45) is -1.43. The van der Waals surface area contributed by atoms with E-state index in [0.717, 1.165) is 0 Å². The Morgan fingerprint density at radius 3 is 1.67 bits per heavy atom. The highest BCUT2D eigenvalue weighted by Crippen LogP contribution is 1.98. The van der Waals surface area contributed by atoms with Crippen molar-refractivity contribution in [3.63, 3.8) is 0 Å². The number of hydrogen-bond acceptors (Lipinski definition) is 8. The molecule has 0 atom stereocenters. The highest BCUT2D eigenvalue weighted by Gasteiger charge is 2.17. The molecule has 24 heavy (non-hydrogen) atoms. The van der Waals surface area contributed by atoms with Crippen molar-refractivity contribution < 1.29 is 30.0 Å². The number of aliphatic hydroxyl groups excluding tert-OH is 1. The minimum atomic E-state index is -1.43. The molecule has 1 heterocycles. The van der Waals surface area contributed by atoms with Crippen LogP contribution in [0.2, 0.25) is 0 Å². The summed E-state index contributed by atoms with van der Waals surface area (Å²) in [5.41, 5.74) is 0. The molecule has 0 unspecified atom stereocenters. The number of β-amino-alcohol motifs (C(OH)–C–C–N with tert-alkyl or cyclic N) is 2. The molecule has 140 valence electrons. The van der Waals surface area contributed by atoms with E-state index in [-0.39, 0.29) is 19.6 Å². The minimum absolute atomic E-state index is 0.0780. The fourth-order valence-corrected chi connectivity index (χ4v) is 2.61. The largest absolute Gasteiger partial charge is 0.480 e. The lowest BCUT2D eigenvalue weighted by atomic mass is 10.3. The van der Waals surface area contributed by atoms with Crippen LogP contribution >= 0.6 is 0 Å². The second-order valence-corrected chi connectivity index (χ2v) is 5.87. The van der Waals surface area contributed by atoms with Gasteiger partial charge in [-0.3, -0.25) is 24.3 Å². The first-order chi connectivity index (χ1) is 11.4. The van der Waals surface area contributed by atoms with E-state index in [1.165, 1.54) is 0 Å². The zero-order valence-electron chi connectivity index (χ0n) is 13.8. The smallest absolute Gasteiger partial charge is 0.317 e. The Kier molecular flexibility index (Phi) is 9.76. The van der Waals surface area contributed by atoms with Crippen LogP contribution < -0.4 is 5.32 Å². The minimum Gasteiger partial charge on any atom is -0.480 e. The van der Waals surface area contributed by atoms with E-state index in [0.29, 0.717) is 52.4 Å². The Morgan fingerprint density at radius 1 is 0.792 bits per heavy atom. The fourth-order valence-electron chi connectivity index (χ4n) is 2.61. The van der Waals surface area contributed by atoms with Crippen LogP contribution in [0.25, 0.3) is 0 Å². The van der Waals surface area contributed by atoms with Gasteiger partial charge in [0.1, 0.15) is 0 Å². The van der Waals surface area contributed by atoms with Gasteiger partial charge in [-0.25, -0.2) is 0 Å². The van der Waals surface area contributed by atoms with Gasteiger partial charge in [0.15, 0.2) is 6.29 Å². The third-order valence-corrected chi connectivity index (χ3v) is 3.81. The first-order valence-corrected chi connectivity index (χ1v) is 8.04. The van der Waals surface area contributed by atoms with Crippen LogP contribution in [0.3, 0.4) is 0 Å². The van der Waals surface area contributed by atoms with Crippen molar-refractivity contribution in [2.75, 3.05) is 72.0 Å². The zero-order chi connectivity index (χ0) is 17.9. The molecule has 1 fully saturated rings. The van der Waals surface area contributed by atoms with Crippen LogP contribution in [-0.2, 0) is 9.59 Å². The zero-order valence-corrected chi connectivity index (χ0v) is 13.8. The molecule has 1 saturated heterocycles. The van der Waals surface area contributed by atoms with Crippen LogP contribution in [0.15, 0.2) is 0 Å². The first-order valence-electron chi connectivity index (χ1n) is 8.04. The van der Waals surface area contributed by atoms with E-state index in [2.05, 4.69) is 5.32 Å². The highest BCUT2D eigenvalue weighted by atomic mass is 16.5. The van der Waals surface area contributed by atoms with Gasteiger partial charge < -0.3 is 25.7 Å². The van der Waals surface area contributed by atoms with Crippen LogP contribution in [0.1, 0.15) is 0 Å². The maximum atomic E-state index is 11.0. The van der Waals surface area contributed by atoms with Crippen molar-refractivity contribution in [1.29, 1.82) is 0 Å². The predicted molar refractivity (Wildman–Crippen MR) is 85.7 cm³/mol. The van der Waals surface area contributed by atoms with E-state index in [4.69, 9.17) is 20.4 Å². The Bertz CT molecular complexity index is 395. The molecule has 0 amide bonds. The molecule has 0 radical (unpaired) electrons. The first kappa shape index (κ1) is 20.7. The molecular weight excluding hydrogens is 320 g/mol. The molecule has 10 nitrogen and oxygen atoms in total. The van der Waals surface area contributed by atoms with Gasteiger partial charge in [0.05, 0.1) is 13.1 Å². The third kappa shape index (κ3) is 9.75. The number of hydrogen-bond donors (Lipinski definition) is 5. The van der Waals surface area contributed by atoms with Gasteiger partial charge in [-0.15, -0.1) is 0 Å². The maximum absolute atomic E-state index is 11.0. The van der Waals surface area contributed by atoms with Crippen molar-refractivity contribution in [3.8, 4) is 0 Å². The van der Waals surface area contributed by atoms with Crippen LogP contribution in [0, 0.1) is 0 Å². The number of nitrogens with one attached hydrogen (secondary N) is 1. The van der Waals surface area contributed by atoms with Gasteiger partial charge >= 0.3 is 11.9 Å². The molecule has 0 saturated carbocycles. The van der Waals surface area contributed by atoms with Crippen LogP contribution in [0.4, 0.5) is 0 Å². The summed E-state index contributed by atoms with van der Waals surface area (Å²) in [5, 5.41) is 39.5. The normalized spacial score (nSPS) is 20.5. The molecule has 0 aromatic heterocycles.